The van der Waals surface area contributed by atoms with Crippen LogP contribution in [0.15, 0.2) is 42.0 Å². The lowest BCUT2D eigenvalue weighted by molar-refractivity contribution is -0.128. The maximum atomic E-state index is 12.5. The summed E-state index contributed by atoms with van der Waals surface area (Å²) >= 11 is 11.8. The van der Waals surface area contributed by atoms with Crippen LogP contribution in [0.25, 0.3) is 0 Å². The van der Waals surface area contributed by atoms with E-state index < -0.39 is 17.4 Å². The Balaban J connectivity index is 2.07. The Hall–Kier alpha value is -1.82. The molecule has 7 heteroatoms. The molecule has 0 fully saturated rings. The number of carbonyl (C=O) groups excluding carboxylic acids is 2. The molecule has 0 spiro atoms. The van der Waals surface area contributed by atoms with Crippen LogP contribution in [0.4, 0.5) is 0 Å². The normalized spacial score (nSPS) is 23.3. The van der Waals surface area contributed by atoms with Crippen LogP contribution in [0.2, 0.25) is 10.0 Å². The fraction of sp³-hybridized carbons (Fsp3) is 0.250. The van der Waals surface area contributed by atoms with Gasteiger partial charge in [0, 0.05) is 18.2 Å². The highest BCUT2D eigenvalue weighted by Crippen LogP contribution is 2.29. The summed E-state index contributed by atoms with van der Waals surface area (Å²) in [5.41, 5.74) is 11.4. The second-order valence-electron chi connectivity index (χ2n) is 5.56. The number of nitrogens with two attached hydrogens (primary N) is 2. The zero-order valence-corrected chi connectivity index (χ0v) is 14.0. The van der Waals surface area contributed by atoms with Crippen molar-refractivity contribution in [1.82, 2.24) is 5.32 Å². The van der Waals surface area contributed by atoms with Crippen molar-refractivity contribution in [2.24, 2.45) is 16.9 Å². The molecular formula is C16H17Cl2N3O2. The van der Waals surface area contributed by atoms with Crippen LogP contribution in [-0.4, -0.2) is 17.9 Å². The van der Waals surface area contributed by atoms with Gasteiger partial charge in [-0.15, -0.1) is 0 Å². The average Bonchev–Trinajstić information content (AvgIpc) is 2.50. The van der Waals surface area contributed by atoms with E-state index >= 15 is 0 Å². The number of amides is 2. The maximum absolute atomic E-state index is 12.5. The summed E-state index contributed by atoms with van der Waals surface area (Å²) in [6.07, 6.45) is 4.62. The molecule has 1 aliphatic carbocycles. The summed E-state index contributed by atoms with van der Waals surface area (Å²) in [7, 11) is 0. The van der Waals surface area contributed by atoms with Gasteiger partial charge in [-0.05, 0) is 24.6 Å². The summed E-state index contributed by atoms with van der Waals surface area (Å²) < 4.78 is 0. The van der Waals surface area contributed by atoms with E-state index in [0.717, 1.165) is 5.56 Å². The smallest absolute Gasteiger partial charge is 0.248 e. The minimum atomic E-state index is -0.963. The van der Waals surface area contributed by atoms with Crippen LogP contribution in [0.1, 0.15) is 12.5 Å². The van der Waals surface area contributed by atoms with Crippen LogP contribution in [0, 0.1) is 5.41 Å². The molecule has 1 aliphatic rings. The number of hydrogen-bond acceptors (Lipinski definition) is 3. The molecule has 5 N–H and O–H groups in total. The summed E-state index contributed by atoms with van der Waals surface area (Å²) in [6, 6.07) is 4.48. The number of rotatable bonds is 4. The lowest BCUT2D eigenvalue weighted by Crippen LogP contribution is -2.49. The molecule has 0 aliphatic heterocycles. The van der Waals surface area contributed by atoms with E-state index in [0.29, 0.717) is 15.6 Å². The molecular weight excluding hydrogens is 337 g/mol. The topological polar surface area (TPSA) is 98.2 Å². The van der Waals surface area contributed by atoms with Crippen LogP contribution < -0.4 is 16.8 Å². The van der Waals surface area contributed by atoms with Gasteiger partial charge < -0.3 is 16.8 Å². The minimum absolute atomic E-state index is 0.257. The molecule has 1 aromatic carbocycles. The van der Waals surface area contributed by atoms with E-state index in [9.17, 15) is 9.59 Å². The molecule has 2 atom stereocenters. The highest BCUT2D eigenvalue weighted by atomic mass is 35.5. The van der Waals surface area contributed by atoms with Gasteiger partial charge in [0.05, 0.1) is 15.5 Å². The van der Waals surface area contributed by atoms with Crippen LogP contribution >= 0.6 is 23.2 Å². The van der Waals surface area contributed by atoms with Crippen LogP contribution in [0.3, 0.4) is 0 Å². The third kappa shape index (κ3) is 3.75. The van der Waals surface area contributed by atoms with Crippen molar-refractivity contribution in [1.29, 1.82) is 0 Å². The van der Waals surface area contributed by atoms with Crippen molar-refractivity contribution in [3.8, 4) is 0 Å². The van der Waals surface area contributed by atoms with Crippen molar-refractivity contribution in [3.63, 3.8) is 0 Å². The van der Waals surface area contributed by atoms with Gasteiger partial charge in [0.25, 0.3) is 0 Å². The number of nitrogens with one attached hydrogen (secondary N) is 1. The first-order valence-corrected chi connectivity index (χ1v) is 7.68. The van der Waals surface area contributed by atoms with E-state index in [1.807, 2.05) is 0 Å². The molecule has 0 bridgehead atoms. The highest BCUT2D eigenvalue weighted by Gasteiger charge is 2.38. The summed E-state index contributed by atoms with van der Waals surface area (Å²) in [5, 5.41) is 3.69. The fourth-order valence-corrected chi connectivity index (χ4v) is 2.53. The monoisotopic (exact) mass is 353 g/mol. The summed E-state index contributed by atoms with van der Waals surface area (Å²) in [4.78, 5) is 23.7. The molecule has 2 rings (SSSR count). The molecule has 1 aromatic rings. The predicted molar refractivity (Wildman–Crippen MR) is 90.8 cm³/mol. The third-order valence-electron chi connectivity index (χ3n) is 3.87. The van der Waals surface area contributed by atoms with Crippen LogP contribution in [-0.2, 0) is 16.1 Å². The van der Waals surface area contributed by atoms with E-state index in [4.69, 9.17) is 34.7 Å². The Bertz CT molecular complexity index is 715. The lowest BCUT2D eigenvalue weighted by atomic mass is 9.77. The third-order valence-corrected chi connectivity index (χ3v) is 4.61. The van der Waals surface area contributed by atoms with Gasteiger partial charge in [-0.2, -0.15) is 0 Å². The molecule has 122 valence electrons. The van der Waals surface area contributed by atoms with E-state index in [1.54, 1.807) is 31.2 Å². The molecule has 23 heavy (non-hydrogen) atoms. The number of primary amides is 1. The standard InChI is InChI=1S/C16H17Cl2N3O2/c1-16(5-4-10(14(20)22)7-13(16)19)15(23)21-8-9-2-3-11(17)12(18)6-9/h2-7,13H,8,19H2,1H3,(H2,20,22)(H,21,23). The average molecular weight is 354 g/mol. The first kappa shape index (κ1) is 17.5. The molecule has 0 saturated heterocycles. The van der Waals surface area contributed by atoms with Crippen LogP contribution in [0.5, 0.6) is 0 Å². The number of benzene rings is 1. The first-order chi connectivity index (χ1) is 10.7. The molecule has 2 amide bonds. The Kier molecular flexibility index (Phi) is 5.14. The van der Waals surface area contributed by atoms with Crippen molar-refractivity contribution in [2.75, 3.05) is 0 Å². The zero-order chi connectivity index (χ0) is 17.2. The van der Waals surface area contributed by atoms with Gasteiger partial charge in [-0.3, -0.25) is 9.59 Å². The number of hydrogen-bond donors (Lipinski definition) is 3. The van der Waals surface area contributed by atoms with Gasteiger partial charge >= 0.3 is 0 Å². The van der Waals surface area contributed by atoms with Gasteiger partial charge in [0.2, 0.25) is 11.8 Å². The molecule has 0 aromatic heterocycles. The van der Waals surface area contributed by atoms with Gasteiger partial charge in [-0.1, -0.05) is 47.5 Å². The quantitative estimate of drug-likeness (QED) is 0.770. The van der Waals surface area contributed by atoms with Crippen molar-refractivity contribution in [3.05, 3.63) is 57.6 Å². The van der Waals surface area contributed by atoms with E-state index in [1.165, 1.54) is 12.2 Å². The van der Waals surface area contributed by atoms with Crippen molar-refractivity contribution >= 4 is 35.0 Å². The van der Waals surface area contributed by atoms with E-state index in [-0.39, 0.29) is 12.5 Å². The number of carbonyl (C=O) groups is 2. The van der Waals surface area contributed by atoms with Crippen molar-refractivity contribution < 1.29 is 9.59 Å². The zero-order valence-electron chi connectivity index (χ0n) is 12.5. The Labute approximate surface area is 144 Å². The Morgan fingerprint density at radius 1 is 1.30 bits per heavy atom. The van der Waals surface area contributed by atoms with Gasteiger partial charge in [0.1, 0.15) is 0 Å². The molecule has 2 unspecified atom stereocenters. The summed E-state index contributed by atoms with van der Waals surface area (Å²) in [6.45, 7) is 1.99. The molecule has 0 heterocycles. The fourth-order valence-electron chi connectivity index (χ4n) is 2.21. The largest absolute Gasteiger partial charge is 0.366 e. The second-order valence-corrected chi connectivity index (χ2v) is 6.37. The SMILES string of the molecule is CC1(C(=O)NCc2ccc(Cl)c(Cl)c2)C=CC(C(N)=O)=CC1N. The van der Waals surface area contributed by atoms with Gasteiger partial charge in [0.15, 0.2) is 0 Å². The maximum Gasteiger partial charge on any atom is 0.248 e. The predicted octanol–water partition coefficient (Wildman–Crippen LogP) is 1.92. The molecule has 0 radical (unpaired) electrons. The number of halogens is 2. The van der Waals surface area contributed by atoms with Gasteiger partial charge in [-0.25, -0.2) is 0 Å². The van der Waals surface area contributed by atoms with E-state index in [2.05, 4.69) is 5.32 Å². The summed E-state index contributed by atoms with van der Waals surface area (Å²) in [5.74, 6) is -0.831. The lowest BCUT2D eigenvalue weighted by Gasteiger charge is -2.32. The first-order valence-electron chi connectivity index (χ1n) is 6.92. The minimum Gasteiger partial charge on any atom is -0.366 e. The highest BCUT2D eigenvalue weighted by molar-refractivity contribution is 6.42. The second kappa shape index (κ2) is 6.74. The molecule has 0 saturated carbocycles. The Morgan fingerprint density at radius 2 is 2.00 bits per heavy atom. The van der Waals surface area contributed by atoms with Crippen molar-refractivity contribution in [2.45, 2.75) is 19.5 Å². The molecule has 5 nitrogen and oxygen atoms in total. The Morgan fingerprint density at radius 3 is 2.57 bits per heavy atom.